The third kappa shape index (κ3) is 4.05. The molecule has 37 heavy (non-hydrogen) atoms. The number of rotatable bonds is 5. The minimum Gasteiger partial charge on any atom is -0.266 e. The quantitative estimate of drug-likeness (QED) is 0.173. The summed E-state index contributed by atoms with van der Waals surface area (Å²) in [6.07, 6.45) is 2.82. The van der Waals surface area contributed by atoms with Gasteiger partial charge >= 0.3 is 0 Å². The molecule has 0 aliphatic heterocycles. The van der Waals surface area contributed by atoms with Crippen LogP contribution in [-0.4, -0.2) is 31.0 Å². The van der Waals surface area contributed by atoms with Crippen molar-refractivity contribution in [1.82, 2.24) is 19.9 Å². The molecule has 6 aromatic rings. The monoisotopic (exact) mass is 504 g/mol. The highest BCUT2D eigenvalue weighted by atomic mass is 32.1. The molecular weight excluding hydrogens is 488 g/mol. The lowest BCUT2D eigenvalue weighted by Gasteiger charge is -2.10. The fourth-order valence-corrected chi connectivity index (χ4v) is 5.09. The Hall–Kier alpha value is -5.09. The highest BCUT2D eigenvalue weighted by Gasteiger charge is 2.21. The Morgan fingerprint density at radius 2 is 1.57 bits per heavy atom. The molecule has 0 bridgehead atoms. The number of nitro groups is 1. The lowest BCUT2D eigenvalue weighted by Crippen LogP contribution is -2.15. The number of hydrogen-bond donors (Lipinski definition) is 0. The van der Waals surface area contributed by atoms with Crippen LogP contribution in [0.3, 0.4) is 0 Å². The second-order valence-electron chi connectivity index (χ2n) is 8.10. The van der Waals surface area contributed by atoms with E-state index in [-0.39, 0.29) is 11.2 Å². The van der Waals surface area contributed by atoms with E-state index in [0.29, 0.717) is 26.3 Å². The molecule has 9 nitrogen and oxygen atoms in total. The standard InChI is InChI=1S/C27H16N6O3S/c34-27-25-24(28-16-32(27)29-15-17-11-13-20(14-12-17)33(35)36)22-21(18-7-3-1-4-8-18)23(30-31-26(22)37-25)19-9-5-2-6-10-19/h1-16H/b29-15+. The summed E-state index contributed by atoms with van der Waals surface area (Å²) in [6, 6.07) is 25.5. The van der Waals surface area contributed by atoms with Gasteiger partial charge in [0.05, 0.1) is 16.7 Å². The maximum absolute atomic E-state index is 13.3. The van der Waals surface area contributed by atoms with E-state index in [4.69, 9.17) is 0 Å². The summed E-state index contributed by atoms with van der Waals surface area (Å²) in [5.41, 5.74) is 4.22. The van der Waals surface area contributed by atoms with Crippen LogP contribution in [-0.2, 0) is 0 Å². The first-order valence-electron chi connectivity index (χ1n) is 11.2. The van der Waals surface area contributed by atoms with Crippen LogP contribution in [0.1, 0.15) is 5.56 Å². The van der Waals surface area contributed by atoms with E-state index in [1.807, 2.05) is 60.7 Å². The number of fused-ring (bicyclic) bond motifs is 3. The van der Waals surface area contributed by atoms with Crippen LogP contribution in [0.25, 0.3) is 42.8 Å². The first-order valence-corrected chi connectivity index (χ1v) is 12.0. The van der Waals surface area contributed by atoms with Crippen molar-refractivity contribution in [1.29, 1.82) is 0 Å². The number of non-ortho nitro benzene ring substituents is 1. The van der Waals surface area contributed by atoms with Gasteiger partial charge in [-0.25, -0.2) is 4.98 Å². The van der Waals surface area contributed by atoms with Gasteiger partial charge in [-0.3, -0.25) is 14.9 Å². The predicted molar refractivity (Wildman–Crippen MR) is 144 cm³/mol. The van der Waals surface area contributed by atoms with Crippen LogP contribution in [0.2, 0.25) is 0 Å². The molecule has 0 saturated carbocycles. The van der Waals surface area contributed by atoms with E-state index < -0.39 is 4.92 Å². The summed E-state index contributed by atoms with van der Waals surface area (Å²) >= 11 is 1.22. The van der Waals surface area contributed by atoms with Crippen molar-refractivity contribution in [3.05, 3.63) is 117 Å². The van der Waals surface area contributed by atoms with Gasteiger partial charge in [-0.05, 0) is 23.3 Å². The van der Waals surface area contributed by atoms with Gasteiger partial charge in [-0.2, -0.15) is 9.78 Å². The van der Waals surface area contributed by atoms with Crippen LogP contribution in [0.15, 0.2) is 101 Å². The highest BCUT2D eigenvalue weighted by Crippen LogP contribution is 2.41. The maximum atomic E-state index is 13.3. The molecule has 0 saturated heterocycles. The molecule has 0 aliphatic carbocycles. The molecule has 0 aliphatic rings. The Balaban J connectivity index is 1.52. The molecule has 3 aromatic heterocycles. The lowest BCUT2D eigenvalue weighted by molar-refractivity contribution is -0.384. The summed E-state index contributed by atoms with van der Waals surface area (Å²) in [6.45, 7) is 0. The number of nitro benzene ring substituents is 1. The molecule has 10 heteroatoms. The minimum absolute atomic E-state index is 0.0205. The third-order valence-electron chi connectivity index (χ3n) is 5.84. The number of hydrogen-bond acceptors (Lipinski definition) is 8. The molecule has 6 rings (SSSR count). The van der Waals surface area contributed by atoms with Crippen LogP contribution in [0.4, 0.5) is 5.69 Å². The average molecular weight is 505 g/mol. The second-order valence-corrected chi connectivity index (χ2v) is 9.10. The fraction of sp³-hybridized carbons (Fsp3) is 0. The smallest absolute Gasteiger partial charge is 0.266 e. The molecular formula is C27H16N6O3S. The Morgan fingerprint density at radius 3 is 2.24 bits per heavy atom. The topological polar surface area (TPSA) is 116 Å². The summed E-state index contributed by atoms with van der Waals surface area (Å²) in [4.78, 5) is 28.9. The van der Waals surface area contributed by atoms with E-state index in [1.54, 1.807) is 12.1 Å². The fourth-order valence-electron chi connectivity index (χ4n) is 4.08. The Kier molecular flexibility index (Phi) is 5.55. The van der Waals surface area contributed by atoms with Gasteiger partial charge in [0, 0.05) is 28.6 Å². The third-order valence-corrected chi connectivity index (χ3v) is 6.89. The van der Waals surface area contributed by atoms with Crippen molar-refractivity contribution in [2.24, 2.45) is 5.10 Å². The van der Waals surface area contributed by atoms with Gasteiger partial charge in [-0.15, -0.1) is 21.5 Å². The zero-order valence-electron chi connectivity index (χ0n) is 19.1. The van der Waals surface area contributed by atoms with Gasteiger partial charge in [0.2, 0.25) is 0 Å². The minimum atomic E-state index is -0.472. The number of aromatic nitrogens is 4. The first kappa shape index (κ1) is 22.4. The molecule has 0 spiro atoms. The highest BCUT2D eigenvalue weighted by molar-refractivity contribution is 7.25. The Morgan fingerprint density at radius 1 is 0.892 bits per heavy atom. The molecule has 178 valence electrons. The number of nitrogens with zero attached hydrogens (tertiary/aromatic N) is 6. The molecule has 0 radical (unpaired) electrons. The summed E-state index contributed by atoms with van der Waals surface area (Å²) in [5, 5.41) is 24.9. The normalized spacial score (nSPS) is 11.5. The zero-order valence-corrected chi connectivity index (χ0v) is 19.9. The Labute approximate surface area is 213 Å². The van der Waals surface area contributed by atoms with Gasteiger partial charge in [0.1, 0.15) is 21.6 Å². The molecule has 3 aromatic carbocycles. The summed E-state index contributed by atoms with van der Waals surface area (Å²) in [5.74, 6) is 0. The number of benzene rings is 3. The van der Waals surface area contributed by atoms with Crippen molar-refractivity contribution in [3.8, 4) is 22.4 Å². The van der Waals surface area contributed by atoms with E-state index in [1.165, 1.54) is 36.0 Å². The average Bonchev–Trinajstić information content (AvgIpc) is 3.33. The SMILES string of the molecule is O=c1c2sc3nnc(-c4ccccc4)c(-c4ccccc4)c3c2ncn1/N=C/c1ccc([N+](=O)[O-])cc1. The van der Waals surface area contributed by atoms with Crippen molar-refractivity contribution < 1.29 is 4.92 Å². The van der Waals surface area contributed by atoms with Crippen molar-refractivity contribution >= 4 is 43.7 Å². The molecule has 0 atom stereocenters. The largest absolute Gasteiger partial charge is 0.291 e. The molecule has 0 unspecified atom stereocenters. The predicted octanol–water partition coefficient (Wildman–Crippen LogP) is 5.53. The van der Waals surface area contributed by atoms with Crippen LogP contribution < -0.4 is 5.56 Å². The van der Waals surface area contributed by atoms with Crippen LogP contribution in [0.5, 0.6) is 0 Å². The van der Waals surface area contributed by atoms with E-state index in [0.717, 1.165) is 26.8 Å². The molecule has 0 fully saturated rings. The van der Waals surface area contributed by atoms with Crippen molar-refractivity contribution in [2.75, 3.05) is 0 Å². The lowest BCUT2D eigenvalue weighted by atomic mass is 9.97. The maximum Gasteiger partial charge on any atom is 0.291 e. The van der Waals surface area contributed by atoms with E-state index in [2.05, 4.69) is 20.3 Å². The van der Waals surface area contributed by atoms with Gasteiger partial charge in [0.15, 0.2) is 0 Å². The zero-order chi connectivity index (χ0) is 25.4. The van der Waals surface area contributed by atoms with Crippen molar-refractivity contribution in [3.63, 3.8) is 0 Å². The second kappa shape index (κ2) is 9.17. The molecule has 0 N–H and O–H groups in total. The van der Waals surface area contributed by atoms with Crippen LogP contribution in [0, 0.1) is 10.1 Å². The molecule has 3 heterocycles. The first-order chi connectivity index (χ1) is 18.1. The van der Waals surface area contributed by atoms with Gasteiger partial charge in [0.25, 0.3) is 11.2 Å². The van der Waals surface area contributed by atoms with E-state index >= 15 is 0 Å². The molecule has 0 amide bonds. The van der Waals surface area contributed by atoms with Crippen molar-refractivity contribution in [2.45, 2.75) is 0 Å². The van der Waals surface area contributed by atoms with Gasteiger partial charge in [-0.1, -0.05) is 60.7 Å². The summed E-state index contributed by atoms with van der Waals surface area (Å²) < 4.78 is 1.56. The van der Waals surface area contributed by atoms with E-state index in [9.17, 15) is 14.9 Å². The Bertz CT molecular complexity index is 1860. The van der Waals surface area contributed by atoms with Crippen LogP contribution >= 0.6 is 11.3 Å². The van der Waals surface area contributed by atoms with Gasteiger partial charge < -0.3 is 0 Å². The summed E-state index contributed by atoms with van der Waals surface area (Å²) in [7, 11) is 0. The number of thiophene rings is 1.